The van der Waals surface area contributed by atoms with Gasteiger partial charge in [0.1, 0.15) is 0 Å². The monoisotopic (exact) mass is 281 g/mol. The van der Waals surface area contributed by atoms with Gasteiger partial charge in [-0.1, -0.05) is 18.5 Å². The average molecular weight is 282 g/mol. The van der Waals surface area contributed by atoms with E-state index in [1.165, 1.54) is 0 Å². The molecule has 0 aliphatic heterocycles. The van der Waals surface area contributed by atoms with Crippen LogP contribution in [0, 0.1) is 0 Å². The smallest absolute Gasteiger partial charge is 0.0946 e. The highest BCUT2D eigenvalue weighted by molar-refractivity contribution is 6.31. The highest BCUT2D eigenvalue weighted by atomic mass is 35.5. The van der Waals surface area contributed by atoms with E-state index in [1.54, 1.807) is 12.5 Å². The zero-order chi connectivity index (χ0) is 14.0. The van der Waals surface area contributed by atoms with Crippen molar-refractivity contribution in [1.82, 2.24) is 24.6 Å². The first-order chi connectivity index (χ1) is 9.06. The summed E-state index contributed by atoms with van der Waals surface area (Å²) in [4.78, 5) is 4.19. The van der Waals surface area contributed by atoms with Gasteiger partial charge in [-0.05, 0) is 20.4 Å². The Bertz CT molecular complexity index is 543. The molecule has 1 atom stereocenters. The number of aryl methyl sites for hydroxylation is 1. The Kier molecular flexibility index (Phi) is 4.27. The van der Waals surface area contributed by atoms with Crippen molar-refractivity contribution < 1.29 is 0 Å². The standard InChI is InChI=1S/C13H20ClN5/c1-5-16-12(11-7-15-8-18(11)4)13-10(14)6-17-19(13)9(2)3/h6-9,12,16H,5H2,1-4H3. The van der Waals surface area contributed by atoms with Crippen molar-refractivity contribution in [3.05, 3.63) is 35.1 Å². The van der Waals surface area contributed by atoms with Crippen molar-refractivity contribution in [2.75, 3.05) is 6.54 Å². The van der Waals surface area contributed by atoms with Gasteiger partial charge in [-0.2, -0.15) is 5.10 Å². The van der Waals surface area contributed by atoms with Crippen LogP contribution in [-0.2, 0) is 7.05 Å². The third-order valence-corrected chi connectivity index (χ3v) is 3.40. The van der Waals surface area contributed by atoms with E-state index >= 15 is 0 Å². The lowest BCUT2D eigenvalue weighted by atomic mass is 10.1. The van der Waals surface area contributed by atoms with Crippen LogP contribution in [0.25, 0.3) is 0 Å². The van der Waals surface area contributed by atoms with Gasteiger partial charge in [0.25, 0.3) is 0 Å². The molecular formula is C13H20ClN5. The maximum atomic E-state index is 6.34. The third-order valence-electron chi connectivity index (χ3n) is 3.11. The maximum Gasteiger partial charge on any atom is 0.0946 e. The second-order valence-electron chi connectivity index (χ2n) is 4.84. The van der Waals surface area contributed by atoms with Crippen LogP contribution < -0.4 is 5.32 Å². The first-order valence-corrected chi connectivity index (χ1v) is 6.86. The Labute approximate surface area is 118 Å². The Hall–Kier alpha value is -1.33. The molecule has 0 saturated carbocycles. The minimum atomic E-state index is -0.00472. The Morgan fingerprint density at radius 3 is 2.63 bits per heavy atom. The number of aromatic nitrogens is 4. The lowest BCUT2D eigenvalue weighted by molar-refractivity contribution is 0.468. The largest absolute Gasteiger partial charge is 0.336 e. The van der Waals surface area contributed by atoms with E-state index in [0.29, 0.717) is 5.02 Å². The lowest BCUT2D eigenvalue weighted by Crippen LogP contribution is -2.27. The van der Waals surface area contributed by atoms with Gasteiger partial charge >= 0.3 is 0 Å². The number of rotatable bonds is 5. The molecule has 0 aromatic carbocycles. The fraction of sp³-hybridized carbons (Fsp3) is 0.538. The quantitative estimate of drug-likeness (QED) is 0.916. The highest BCUT2D eigenvalue weighted by Gasteiger charge is 2.24. The molecule has 0 saturated heterocycles. The molecule has 0 fully saturated rings. The van der Waals surface area contributed by atoms with Crippen LogP contribution in [0.1, 0.15) is 44.2 Å². The van der Waals surface area contributed by atoms with Crippen molar-refractivity contribution in [2.45, 2.75) is 32.9 Å². The third kappa shape index (κ3) is 2.67. The Balaban J connectivity index is 2.51. The molecule has 2 aromatic heterocycles. The van der Waals surface area contributed by atoms with Gasteiger partial charge in [0, 0.05) is 13.1 Å². The summed E-state index contributed by atoms with van der Waals surface area (Å²) in [5.74, 6) is 0. The van der Waals surface area contributed by atoms with Crippen LogP contribution in [0.15, 0.2) is 18.7 Å². The van der Waals surface area contributed by atoms with Crippen LogP contribution in [0.4, 0.5) is 0 Å². The molecule has 0 aliphatic rings. The fourth-order valence-corrected chi connectivity index (χ4v) is 2.46. The second-order valence-corrected chi connectivity index (χ2v) is 5.24. The number of hydrogen-bond acceptors (Lipinski definition) is 3. The van der Waals surface area contributed by atoms with Crippen molar-refractivity contribution in [3.63, 3.8) is 0 Å². The summed E-state index contributed by atoms with van der Waals surface area (Å²) in [6.07, 6.45) is 5.36. The van der Waals surface area contributed by atoms with E-state index in [4.69, 9.17) is 11.6 Å². The molecule has 19 heavy (non-hydrogen) atoms. The van der Waals surface area contributed by atoms with Gasteiger partial charge in [-0.3, -0.25) is 4.68 Å². The first kappa shape index (κ1) is 14.1. The Morgan fingerprint density at radius 1 is 1.37 bits per heavy atom. The summed E-state index contributed by atoms with van der Waals surface area (Å²) in [7, 11) is 1.98. The van der Waals surface area contributed by atoms with E-state index in [2.05, 4.69) is 36.2 Å². The first-order valence-electron chi connectivity index (χ1n) is 6.48. The number of nitrogens with one attached hydrogen (secondary N) is 1. The molecule has 2 aromatic rings. The lowest BCUT2D eigenvalue weighted by Gasteiger charge is -2.22. The second kappa shape index (κ2) is 5.75. The summed E-state index contributed by atoms with van der Waals surface area (Å²) in [5, 5.41) is 8.51. The van der Waals surface area contributed by atoms with Crippen LogP contribution in [-0.4, -0.2) is 25.9 Å². The fourth-order valence-electron chi connectivity index (χ4n) is 2.22. The summed E-state index contributed by atoms with van der Waals surface area (Å²) in [5.41, 5.74) is 2.06. The van der Waals surface area contributed by atoms with Gasteiger partial charge in [0.05, 0.1) is 41.2 Å². The number of nitrogens with zero attached hydrogens (tertiary/aromatic N) is 4. The molecule has 0 spiro atoms. The summed E-state index contributed by atoms with van der Waals surface area (Å²) < 4.78 is 3.96. The summed E-state index contributed by atoms with van der Waals surface area (Å²) in [6, 6.07) is 0.256. The molecule has 1 N–H and O–H groups in total. The van der Waals surface area contributed by atoms with Crippen molar-refractivity contribution >= 4 is 11.6 Å². The summed E-state index contributed by atoms with van der Waals surface area (Å²) >= 11 is 6.34. The highest BCUT2D eigenvalue weighted by Crippen LogP contribution is 2.29. The van der Waals surface area contributed by atoms with E-state index in [1.807, 2.05) is 22.5 Å². The van der Waals surface area contributed by atoms with Crippen molar-refractivity contribution in [2.24, 2.45) is 7.05 Å². The molecule has 2 rings (SSSR count). The SMILES string of the molecule is CCNC(c1cncn1C)c1c(Cl)cnn1C(C)C. The molecule has 0 bridgehead atoms. The van der Waals surface area contributed by atoms with Gasteiger partial charge in [0.15, 0.2) is 0 Å². The van der Waals surface area contributed by atoms with E-state index in [9.17, 15) is 0 Å². The molecule has 5 nitrogen and oxygen atoms in total. The maximum absolute atomic E-state index is 6.34. The van der Waals surface area contributed by atoms with Gasteiger partial charge in [0.2, 0.25) is 0 Å². The number of halogens is 1. The molecule has 104 valence electrons. The van der Waals surface area contributed by atoms with Gasteiger partial charge in [-0.15, -0.1) is 0 Å². The van der Waals surface area contributed by atoms with Crippen molar-refractivity contribution in [1.29, 1.82) is 0 Å². The van der Waals surface area contributed by atoms with E-state index in [-0.39, 0.29) is 12.1 Å². The van der Waals surface area contributed by atoms with Crippen molar-refractivity contribution in [3.8, 4) is 0 Å². The van der Waals surface area contributed by atoms with Crippen LogP contribution >= 0.6 is 11.6 Å². The zero-order valence-electron chi connectivity index (χ0n) is 11.8. The van der Waals surface area contributed by atoms with Crippen LogP contribution in [0.5, 0.6) is 0 Å². The Morgan fingerprint density at radius 2 is 2.11 bits per heavy atom. The average Bonchev–Trinajstić information content (AvgIpc) is 2.93. The molecule has 2 heterocycles. The normalized spacial score (nSPS) is 13.2. The molecule has 1 unspecified atom stereocenters. The predicted octanol–water partition coefficient (Wildman–Crippen LogP) is 2.55. The van der Waals surface area contributed by atoms with E-state index < -0.39 is 0 Å². The predicted molar refractivity (Wildman–Crippen MR) is 76.3 cm³/mol. The molecule has 0 aliphatic carbocycles. The topological polar surface area (TPSA) is 47.7 Å². The van der Waals surface area contributed by atoms with Crippen LogP contribution in [0.2, 0.25) is 5.02 Å². The number of hydrogen-bond donors (Lipinski definition) is 1. The zero-order valence-corrected chi connectivity index (χ0v) is 12.5. The van der Waals surface area contributed by atoms with Gasteiger partial charge < -0.3 is 9.88 Å². The summed E-state index contributed by atoms with van der Waals surface area (Å²) in [6.45, 7) is 7.11. The molecular weight excluding hydrogens is 262 g/mol. The molecule has 0 radical (unpaired) electrons. The minimum absolute atomic E-state index is 0.00472. The van der Waals surface area contributed by atoms with E-state index in [0.717, 1.165) is 17.9 Å². The minimum Gasteiger partial charge on any atom is -0.336 e. The van der Waals surface area contributed by atoms with Crippen LogP contribution in [0.3, 0.4) is 0 Å². The molecule has 6 heteroatoms. The number of imidazole rings is 1. The molecule has 0 amide bonds. The van der Waals surface area contributed by atoms with Gasteiger partial charge in [-0.25, -0.2) is 4.98 Å².